The molecule has 6 nitrogen and oxygen atoms in total. The minimum atomic E-state index is -0.0686. The first-order valence-corrected chi connectivity index (χ1v) is 12.0. The minimum Gasteiger partial charge on any atom is -0.396 e. The number of hydrogen-bond donors (Lipinski definition) is 1. The van der Waals surface area contributed by atoms with Gasteiger partial charge in [0.15, 0.2) is 5.52 Å². The summed E-state index contributed by atoms with van der Waals surface area (Å²) >= 11 is 0. The summed E-state index contributed by atoms with van der Waals surface area (Å²) in [5.74, 6) is 1.04. The van der Waals surface area contributed by atoms with E-state index < -0.39 is 0 Å². The predicted octanol–water partition coefficient (Wildman–Crippen LogP) is 4.60. The summed E-state index contributed by atoms with van der Waals surface area (Å²) in [6.45, 7) is 8.28. The van der Waals surface area contributed by atoms with Gasteiger partial charge in [-0.05, 0) is 36.8 Å². The van der Waals surface area contributed by atoms with Crippen molar-refractivity contribution in [2.45, 2.75) is 45.7 Å². The standard InChI is InChI=1S/C28H32N5O/c1-5-32-25(17-10-16-24-28(2,3)20-12-6-9-15-23(20)31(24)4)33(18-11-19-34)27-26(32)29-21-13-7-8-14-22(21)30-27/h6-10,12-17,34H,5,11,18-19H2,1-4H3/q+1. The van der Waals surface area contributed by atoms with Crippen LogP contribution < -0.4 is 9.47 Å². The van der Waals surface area contributed by atoms with Crippen molar-refractivity contribution in [3.8, 4) is 0 Å². The van der Waals surface area contributed by atoms with E-state index in [2.05, 4.69) is 84.3 Å². The third-order valence-corrected chi connectivity index (χ3v) is 6.89. The zero-order valence-electron chi connectivity index (χ0n) is 20.4. The van der Waals surface area contributed by atoms with Crippen LogP contribution in [0.15, 0.2) is 66.4 Å². The second-order valence-corrected chi connectivity index (χ2v) is 9.30. The molecule has 2 aromatic carbocycles. The monoisotopic (exact) mass is 454 g/mol. The summed E-state index contributed by atoms with van der Waals surface area (Å²) in [6.07, 6.45) is 7.16. The molecular weight excluding hydrogens is 422 g/mol. The van der Waals surface area contributed by atoms with Crippen molar-refractivity contribution >= 4 is 34.1 Å². The van der Waals surface area contributed by atoms with E-state index in [1.807, 2.05) is 24.3 Å². The average Bonchev–Trinajstić information content (AvgIpc) is 3.24. The maximum absolute atomic E-state index is 9.53. The Morgan fingerprint density at radius 2 is 1.74 bits per heavy atom. The first-order chi connectivity index (χ1) is 16.5. The third kappa shape index (κ3) is 3.49. The van der Waals surface area contributed by atoms with E-state index in [0.717, 1.165) is 34.7 Å². The molecule has 4 aromatic rings. The molecule has 0 spiro atoms. The molecular formula is C28H32N5O+. The predicted molar refractivity (Wildman–Crippen MR) is 138 cm³/mol. The van der Waals surface area contributed by atoms with Crippen molar-refractivity contribution in [3.63, 3.8) is 0 Å². The van der Waals surface area contributed by atoms with Gasteiger partial charge in [0.2, 0.25) is 5.82 Å². The number of fused-ring (bicyclic) bond motifs is 3. The number of hydrogen-bond acceptors (Lipinski definition) is 4. The van der Waals surface area contributed by atoms with Crippen molar-refractivity contribution in [3.05, 3.63) is 77.8 Å². The highest BCUT2D eigenvalue weighted by Crippen LogP contribution is 2.46. The van der Waals surface area contributed by atoms with Crippen molar-refractivity contribution in [1.29, 1.82) is 0 Å². The van der Waals surface area contributed by atoms with Gasteiger partial charge >= 0.3 is 5.65 Å². The first-order valence-electron chi connectivity index (χ1n) is 12.0. The van der Waals surface area contributed by atoms with Crippen molar-refractivity contribution in [2.24, 2.45) is 0 Å². The smallest absolute Gasteiger partial charge is 0.323 e. The summed E-state index contributed by atoms with van der Waals surface area (Å²) in [7, 11) is 2.14. The molecule has 5 rings (SSSR count). The molecule has 0 bridgehead atoms. The molecule has 0 fully saturated rings. The summed E-state index contributed by atoms with van der Waals surface area (Å²) in [5, 5.41) is 9.53. The molecule has 6 heteroatoms. The van der Waals surface area contributed by atoms with Gasteiger partial charge in [-0.25, -0.2) is 14.1 Å². The highest BCUT2D eigenvalue weighted by molar-refractivity contribution is 5.82. The molecule has 34 heavy (non-hydrogen) atoms. The maximum Gasteiger partial charge on any atom is 0.323 e. The molecule has 0 saturated carbocycles. The lowest BCUT2D eigenvalue weighted by molar-refractivity contribution is -0.676. The van der Waals surface area contributed by atoms with Crippen molar-refractivity contribution < 1.29 is 9.67 Å². The van der Waals surface area contributed by atoms with Crippen LogP contribution in [0.2, 0.25) is 0 Å². The Kier molecular flexibility index (Phi) is 5.70. The summed E-state index contributed by atoms with van der Waals surface area (Å²) in [5.41, 5.74) is 7.29. The second-order valence-electron chi connectivity index (χ2n) is 9.30. The molecule has 0 radical (unpaired) electrons. The summed E-state index contributed by atoms with van der Waals surface area (Å²) < 4.78 is 4.39. The Hall–Kier alpha value is -3.51. The van der Waals surface area contributed by atoms with Crippen LogP contribution in [-0.2, 0) is 18.5 Å². The fraction of sp³-hybridized carbons (Fsp3) is 0.321. The van der Waals surface area contributed by atoms with Crippen LogP contribution in [-0.4, -0.2) is 33.3 Å². The van der Waals surface area contributed by atoms with Crippen LogP contribution >= 0.6 is 0 Å². The van der Waals surface area contributed by atoms with Crippen LogP contribution in [0, 0.1) is 0 Å². The molecule has 2 aromatic heterocycles. The maximum atomic E-state index is 9.53. The van der Waals surface area contributed by atoms with Gasteiger partial charge in [-0.1, -0.05) is 55.2 Å². The number of anilines is 1. The topological polar surface area (TPSA) is 58.1 Å². The quantitative estimate of drug-likeness (QED) is 0.433. The van der Waals surface area contributed by atoms with E-state index in [1.54, 1.807) is 0 Å². The van der Waals surface area contributed by atoms with Crippen LogP contribution in [0.25, 0.3) is 28.4 Å². The zero-order chi connectivity index (χ0) is 23.9. The summed E-state index contributed by atoms with van der Waals surface area (Å²) in [4.78, 5) is 12.2. The number of rotatable bonds is 6. The number of allylic oxidation sites excluding steroid dienone is 3. The van der Waals surface area contributed by atoms with E-state index in [9.17, 15) is 5.11 Å². The third-order valence-electron chi connectivity index (χ3n) is 6.89. The van der Waals surface area contributed by atoms with E-state index >= 15 is 0 Å². The molecule has 0 unspecified atom stereocenters. The van der Waals surface area contributed by atoms with Gasteiger partial charge in [-0.15, -0.1) is 0 Å². The van der Waals surface area contributed by atoms with Gasteiger partial charge in [0, 0.05) is 43.0 Å². The molecule has 0 atom stereocenters. The van der Waals surface area contributed by atoms with E-state index in [-0.39, 0.29) is 12.0 Å². The number of nitrogens with zero attached hydrogens (tertiary/aromatic N) is 5. The number of aromatic nitrogens is 4. The van der Waals surface area contributed by atoms with Crippen LogP contribution in [0.3, 0.4) is 0 Å². The average molecular weight is 455 g/mol. The van der Waals surface area contributed by atoms with E-state index in [4.69, 9.17) is 9.97 Å². The molecule has 1 aliphatic heterocycles. The van der Waals surface area contributed by atoms with Gasteiger partial charge in [-0.2, -0.15) is 0 Å². The lowest BCUT2D eigenvalue weighted by Gasteiger charge is -2.23. The van der Waals surface area contributed by atoms with Gasteiger partial charge in [0.05, 0.1) is 13.1 Å². The molecule has 1 aliphatic rings. The highest BCUT2D eigenvalue weighted by Gasteiger charge is 2.37. The van der Waals surface area contributed by atoms with E-state index in [0.29, 0.717) is 13.0 Å². The molecule has 1 N–H and O–H groups in total. The molecule has 0 aliphatic carbocycles. The fourth-order valence-electron chi connectivity index (χ4n) is 5.17. The lowest BCUT2D eigenvalue weighted by Crippen LogP contribution is -2.37. The first kappa shape index (κ1) is 22.3. The van der Waals surface area contributed by atoms with Crippen molar-refractivity contribution in [2.75, 3.05) is 18.6 Å². The molecule has 3 heterocycles. The van der Waals surface area contributed by atoms with Crippen LogP contribution in [0.1, 0.15) is 38.6 Å². The molecule has 0 amide bonds. The van der Waals surface area contributed by atoms with Gasteiger partial charge in [0.1, 0.15) is 5.52 Å². The van der Waals surface area contributed by atoms with Crippen LogP contribution in [0.5, 0.6) is 0 Å². The fourth-order valence-corrected chi connectivity index (χ4v) is 5.17. The molecule has 174 valence electrons. The number of benzene rings is 2. The number of para-hydroxylation sites is 3. The Labute approximate surface area is 200 Å². The lowest BCUT2D eigenvalue weighted by atomic mass is 9.84. The normalized spacial score (nSPS) is 16.4. The number of aliphatic hydroxyl groups is 1. The zero-order valence-corrected chi connectivity index (χ0v) is 20.4. The number of aryl methyl sites for hydroxylation is 2. The number of aliphatic hydroxyl groups excluding tert-OH is 1. The Balaban J connectivity index is 1.62. The SMILES string of the molecule is CCn1c(/C=C/C=C2/N(C)c3ccccc3C2(C)C)[n+](CCCO)c2nc3ccccc3nc21. The molecule has 0 saturated heterocycles. The van der Waals surface area contributed by atoms with Gasteiger partial charge in [0.25, 0.3) is 5.65 Å². The number of likely N-dealkylation sites (N-methyl/N-ethyl adjacent to an activating group) is 1. The van der Waals surface area contributed by atoms with Crippen molar-refractivity contribution in [1.82, 2.24) is 14.5 Å². The Morgan fingerprint density at radius 3 is 2.44 bits per heavy atom. The Morgan fingerprint density at radius 1 is 1.03 bits per heavy atom. The number of imidazole rings is 1. The van der Waals surface area contributed by atoms with Crippen LogP contribution in [0.4, 0.5) is 5.69 Å². The highest BCUT2D eigenvalue weighted by atomic mass is 16.3. The summed E-state index contributed by atoms with van der Waals surface area (Å²) in [6, 6.07) is 16.6. The van der Waals surface area contributed by atoms with Gasteiger partial charge < -0.3 is 10.0 Å². The largest absolute Gasteiger partial charge is 0.396 e. The Bertz CT molecular complexity index is 1430. The van der Waals surface area contributed by atoms with E-state index in [1.165, 1.54) is 16.9 Å². The second kappa shape index (κ2) is 8.69. The van der Waals surface area contributed by atoms with Gasteiger partial charge in [-0.3, -0.25) is 0 Å². The minimum absolute atomic E-state index is 0.0686.